The highest BCUT2D eigenvalue weighted by molar-refractivity contribution is 5.91. The molecule has 0 bridgehead atoms. The maximum atomic E-state index is 9.71. The Kier molecular flexibility index (Phi) is 40.6. The zero-order valence-electron chi connectivity index (χ0n) is 44.9. The van der Waals surface area contributed by atoms with Gasteiger partial charge in [0.05, 0.1) is 33.6 Å². The fraction of sp³-hybridized carbons (Fsp3) is 0.878. The second-order valence-electron chi connectivity index (χ2n) is 18.0. The average molecular weight is 873 g/mol. The summed E-state index contributed by atoms with van der Waals surface area (Å²) in [4.78, 5) is 25.0. The molecule has 366 valence electrons. The van der Waals surface area contributed by atoms with E-state index in [1.807, 2.05) is 111 Å². The molecular weight excluding hydrogens is 769 g/mol. The van der Waals surface area contributed by atoms with Gasteiger partial charge in [0.1, 0.15) is 0 Å². The summed E-state index contributed by atoms with van der Waals surface area (Å²) < 4.78 is 0. The SMILES string of the molecule is CC(=NC(C)C)C(C)(C)O.CCC(C)(O)C(C)=NC.CCC(C)(O)C(C)=NC(C)C.CCCN=C(C)C(C)(C)O.CCCN=C(C)C(C)(O)CC.CCN=C(C)C(C)(O)CC. The van der Waals surface area contributed by atoms with Crippen molar-refractivity contribution in [3.05, 3.63) is 0 Å². The van der Waals surface area contributed by atoms with Crippen LogP contribution in [0.1, 0.15) is 212 Å². The molecule has 6 N–H and O–H groups in total. The van der Waals surface area contributed by atoms with E-state index in [4.69, 9.17) is 0 Å². The minimum absolute atomic E-state index is 0.270. The maximum absolute atomic E-state index is 9.71. The molecule has 0 rings (SSSR count). The molecule has 0 fully saturated rings. The molecule has 0 aliphatic rings. The van der Waals surface area contributed by atoms with Crippen LogP contribution in [0.5, 0.6) is 0 Å². The van der Waals surface area contributed by atoms with E-state index in [0.29, 0.717) is 0 Å². The van der Waals surface area contributed by atoms with Crippen LogP contribution in [-0.2, 0) is 0 Å². The molecule has 0 aromatic heterocycles. The van der Waals surface area contributed by atoms with Crippen molar-refractivity contribution >= 4 is 34.3 Å². The lowest BCUT2D eigenvalue weighted by Crippen LogP contribution is -2.32. The van der Waals surface area contributed by atoms with Crippen LogP contribution in [0.25, 0.3) is 0 Å². The van der Waals surface area contributed by atoms with Crippen LogP contribution in [-0.4, -0.2) is 137 Å². The van der Waals surface area contributed by atoms with E-state index in [2.05, 4.69) is 43.8 Å². The topological polar surface area (TPSA) is 196 Å². The van der Waals surface area contributed by atoms with Gasteiger partial charge in [0.25, 0.3) is 0 Å². The van der Waals surface area contributed by atoms with Gasteiger partial charge in [-0.15, -0.1) is 0 Å². The van der Waals surface area contributed by atoms with E-state index in [1.54, 1.807) is 55.5 Å². The van der Waals surface area contributed by atoms with E-state index >= 15 is 0 Å². The van der Waals surface area contributed by atoms with E-state index < -0.39 is 33.6 Å². The summed E-state index contributed by atoms with van der Waals surface area (Å²) in [5, 5.41) is 57.2. The van der Waals surface area contributed by atoms with Crippen molar-refractivity contribution in [2.75, 3.05) is 26.7 Å². The zero-order chi connectivity index (χ0) is 50.2. The summed E-state index contributed by atoms with van der Waals surface area (Å²) in [5.41, 5.74) is 0.597. The minimum Gasteiger partial charge on any atom is -0.385 e. The Hall–Kier alpha value is -2.22. The largest absolute Gasteiger partial charge is 0.385 e. The molecule has 4 atom stereocenters. The molecule has 0 aromatic rings. The first kappa shape index (κ1) is 70.4. The summed E-state index contributed by atoms with van der Waals surface area (Å²) in [6, 6.07) is 0.541. The van der Waals surface area contributed by atoms with Crippen LogP contribution in [0, 0.1) is 0 Å². The number of rotatable bonds is 17. The molecule has 61 heavy (non-hydrogen) atoms. The minimum atomic E-state index is -0.760. The van der Waals surface area contributed by atoms with Crippen molar-refractivity contribution in [3.63, 3.8) is 0 Å². The first-order valence-corrected chi connectivity index (χ1v) is 22.8. The predicted molar refractivity (Wildman–Crippen MR) is 272 cm³/mol. The van der Waals surface area contributed by atoms with Gasteiger partial charge in [-0.3, -0.25) is 30.0 Å². The van der Waals surface area contributed by atoms with Gasteiger partial charge in [-0.2, -0.15) is 0 Å². The molecule has 0 aliphatic heterocycles. The van der Waals surface area contributed by atoms with Crippen molar-refractivity contribution in [1.82, 2.24) is 0 Å². The highest BCUT2D eigenvalue weighted by atomic mass is 16.3. The fourth-order valence-electron chi connectivity index (χ4n) is 3.67. The van der Waals surface area contributed by atoms with E-state index in [-0.39, 0.29) is 12.1 Å². The molecule has 0 saturated carbocycles. The molecule has 0 aliphatic carbocycles. The van der Waals surface area contributed by atoms with Gasteiger partial charge in [-0.1, -0.05) is 41.5 Å². The van der Waals surface area contributed by atoms with Crippen LogP contribution in [0.4, 0.5) is 0 Å². The third kappa shape index (κ3) is 40.3. The van der Waals surface area contributed by atoms with Crippen LogP contribution < -0.4 is 0 Å². The third-order valence-electron chi connectivity index (χ3n) is 10.4. The molecule has 4 unspecified atom stereocenters. The van der Waals surface area contributed by atoms with Crippen molar-refractivity contribution in [2.45, 2.75) is 257 Å². The van der Waals surface area contributed by atoms with Gasteiger partial charge in [0.2, 0.25) is 0 Å². The lowest BCUT2D eigenvalue weighted by molar-refractivity contribution is 0.127. The molecule has 0 spiro atoms. The molecular formula is C49H104N6O6. The third-order valence-corrected chi connectivity index (χ3v) is 10.4. The molecule has 0 aromatic carbocycles. The van der Waals surface area contributed by atoms with Gasteiger partial charge in [-0.05, 0) is 170 Å². The van der Waals surface area contributed by atoms with E-state index in [9.17, 15) is 30.6 Å². The smallest absolute Gasteiger partial charge is 0.0989 e. The first-order valence-electron chi connectivity index (χ1n) is 22.8. The van der Waals surface area contributed by atoms with Gasteiger partial charge < -0.3 is 30.6 Å². The molecule has 0 radical (unpaired) electrons. The standard InChI is InChI=1S/2C9H19NO.3C8H17NO.C7H15NO/c1-6-9(5,11)8(4)10-7(2)3;1-5-7-10-8(3)9(4,11)6-2;1-6(2)9-7(3)8(4,5)10;1-5-6-9-7(2)8(3,4)10;1-5-8(4,10)7(3)9-6-2;1-5-7(3,9)6(2)8-4/h7,11H,6H2,1-5H3;11H,5-7H2,1-4H3;6,10H,1-5H3;2*10H,5-6H2,1-4H3;9H,5H2,1-4H3. The maximum Gasteiger partial charge on any atom is 0.0989 e. The number of nitrogens with zero attached hydrogens (tertiary/aromatic N) is 6. The average Bonchev–Trinajstić information content (AvgIpc) is 3.15. The number of hydrogen-bond acceptors (Lipinski definition) is 12. The second kappa shape index (κ2) is 35.2. The van der Waals surface area contributed by atoms with Gasteiger partial charge >= 0.3 is 0 Å². The number of aliphatic hydroxyl groups is 6. The number of hydrogen-bond donors (Lipinski definition) is 6. The Morgan fingerprint density at radius 1 is 0.393 bits per heavy atom. The van der Waals surface area contributed by atoms with Gasteiger partial charge in [-0.25, -0.2) is 0 Å². The van der Waals surface area contributed by atoms with Crippen molar-refractivity contribution in [3.8, 4) is 0 Å². The van der Waals surface area contributed by atoms with Gasteiger partial charge in [0, 0.05) is 73.0 Å². The lowest BCUT2D eigenvalue weighted by Gasteiger charge is -2.21. The summed E-state index contributed by atoms with van der Waals surface area (Å²) in [5.74, 6) is 0. The Bertz CT molecular complexity index is 1290. The normalized spacial score (nSPS) is 17.2. The van der Waals surface area contributed by atoms with Crippen molar-refractivity contribution in [2.24, 2.45) is 30.0 Å². The van der Waals surface area contributed by atoms with Crippen molar-refractivity contribution < 1.29 is 30.6 Å². The fourth-order valence-corrected chi connectivity index (χ4v) is 3.67. The lowest BCUT2D eigenvalue weighted by atomic mass is 9.98. The first-order chi connectivity index (χ1) is 27.3. The molecule has 0 heterocycles. The van der Waals surface area contributed by atoms with Gasteiger partial charge in [0.15, 0.2) is 0 Å². The van der Waals surface area contributed by atoms with Crippen LogP contribution in [0.3, 0.4) is 0 Å². The Labute approximate surface area is 377 Å². The molecule has 0 saturated heterocycles. The summed E-state index contributed by atoms with van der Waals surface area (Å²) >= 11 is 0. The van der Waals surface area contributed by atoms with Crippen LogP contribution in [0.2, 0.25) is 0 Å². The Balaban J connectivity index is -0.000000149. The van der Waals surface area contributed by atoms with Crippen LogP contribution in [0.15, 0.2) is 30.0 Å². The summed E-state index contributed by atoms with van der Waals surface area (Å²) in [6.07, 6.45) is 4.96. The summed E-state index contributed by atoms with van der Waals surface area (Å²) in [6.45, 7) is 49.7. The number of aliphatic imine (C=N–C) groups is 6. The van der Waals surface area contributed by atoms with Crippen molar-refractivity contribution in [1.29, 1.82) is 0 Å². The second-order valence-corrected chi connectivity index (χ2v) is 18.0. The summed E-state index contributed by atoms with van der Waals surface area (Å²) in [7, 11) is 1.69. The highest BCUT2D eigenvalue weighted by Gasteiger charge is 2.23. The van der Waals surface area contributed by atoms with Crippen LogP contribution >= 0.6 is 0 Å². The molecule has 0 amide bonds. The van der Waals surface area contributed by atoms with E-state index in [1.165, 1.54) is 0 Å². The predicted octanol–water partition coefficient (Wildman–Crippen LogP) is 10.2. The quantitative estimate of drug-likeness (QED) is 0.0787. The highest BCUT2D eigenvalue weighted by Crippen LogP contribution is 2.13. The molecule has 12 heteroatoms. The molecule has 12 nitrogen and oxygen atoms in total. The zero-order valence-corrected chi connectivity index (χ0v) is 44.9. The van der Waals surface area contributed by atoms with E-state index in [0.717, 1.165) is 92.4 Å². The Morgan fingerprint density at radius 3 is 0.869 bits per heavy atom. The Morgan fingerprint density at radius 2 is 0.656 bits per heavy atom. The monoisotopic (exact) mass is 873 g/mol.